The van der Waals surface area contributed by atoms with E-state index >= 15 is 0 Å². The Morgan fingerprint density at radius 2 is 1.90 bits per heavy atom. The molecule has 0 bridgehead atoms. The van der Waals surface area contributed by atoms with Gasteiger partial charge in [0.1, 0.15) is 6.54 Å². The number of methoxy groups -OCH3 is 1. The van der Waals surface area contributed by atoms with Crippen LogP contribution in [0.15, 0.2) is 53.6 Å². The molecule has 1 aromatic heterocycles. The van der Waals surface area contributed by atoms with Crippen LogP contribution in [0.1, 0.15) is 16.7 Å². The van der Waals surface area contributed by atoms with Crippen molar-refractivity contribution in [3.63, 3.8) is 0 Å². The van der Waals surface area contributed by atoms with Gasteiger partial charge in [0.05, 0.1) is 17.3 Å². The maximum atomic E-state index is 13.3. The van der Waals surface area contributed by atoms with Gasteiger partial charge in [-0.3, -0.25) is 4.79 Å². The van der Waals surface area contributed by atoms with Crippen LogP contribution in [0.2, 0.25) is 0 Å². The first-order valence-electron chi connectivity index (χ1n) is 9.44. The number of nitrogens with zero attached hydrogens (tertiary/aromatic N) is 1. The second-order valence-corrected chi connectivity index (χ2v) is 9.13. The van der Waals surface area contributed by atoms with Gasteiger partial charge in [-0.05, 0) is 31.0 Å². The van der Waals surface area contributed by atoms with E-state index in [9.17, 15) is 13.2 Å². The molecular weight excluding hydrogens is 388 g/mol. The molecule has 1 N–H and O–H groups in total. The van der Waals surface area contributed by atoms with Crippen LogP contribution < -0.4 is 5.32 Å². The van der Waals surface area contributed by atoms with Crippen LogP contribution in [-0.4, -0.2) is 39.2 Å². The van der Waals surface area contributed by atoms with E-state index in [1.807, 2.05) is 50.2 Å². The summed E-state index contributed by atoms with van der Waals surface area (Å²) in [7, 11) is -2.02. The maximum Gasteiger partial charge on any atom is 0.240 e. The van der Waals surface area contributed by atoms with Crippen LogP contribution in [0.5, 0.6) is 0 Å². The summed E-state index contributed by atoms with van der Waals surface area (Å²) in [5.41, 5.74) is 3.48. The smallest absolute Gasteiger partial charge is 0.240 e. The van der Waals surface area contributed by atoms with Gasteiger partial charge in [0, 0.05) is 30.8 Å². The van der Waals surface area contributed by atoms with E-state index in [2.05, 4.69) is 5.32 Å². The molecule has 0 aliphatic rings. The fourth-order valence-electron chi connectivity index (χ4n) is 3.33. The van der Waals surface area contributed by atoms with Gasteiger partial charge < -0.3 is 14.6 Å². The van der Waals surface area contributed by atoms with Gasteiger partial charge >= 0.3 is 0 Å². The van der Waals surface area contributed by atoms with Crippen molar-refractivity contribution in [1.29, 1.82) is 0 Å². The molecule has 6 nitrogen and oxygen atoms in total. The van der Waals surface area contributed by atoms with Gasteiger partial charge in [-0.2, -0.15) is 0 Å². The Labute approximate surface area is 171 Å². The highest BCUT2D eigenvalue weighted by Crippen LogP contribution is 2.29. The molecule has 7 heteroatoms. The molecule has 0 saturated heterocycles. The topological polar surface area (TPSA) is 77.4 Å². The Hall–Kier alpha value is -2.64. The number of carbonyl (C=O) groups is 1. The number of amides is 1. The second-order valence-electron chi connectivity index (χ2n) is 7.17. The number of aryl methyl sites for hydroxylation is 2. The van der Waals surface area contributed by atoms with Crippen LogP contribution >= 0.6 is 0 Å². The Kier molecular flexibility index (Phi) is 6.39. The Morgan fingerprint density at radius 1 is 1.14 bits per heavy atom. The first-order chi connectivity index (χ1) is 13.8. The van der Waals surface area contributed by atoms with Gasteiger partial charge in [-0.1, -0.05) is 42.0 Å². The maximum absolute atomic E-state index is 13.3. The Bertz CT molecular complexity index is 1130. The highest BCUT2D eigenvalue weighted by Gasteiger charge is 2.23. The van der Waals surface area contributed by atoms with Crippen LogP contribution in [0.4, 0.5) is 0 Å². The molecule has 0 spiro atoms. The van der Waals surface area contributed by atoms with Crippen LogP contribution in [0, 0.1) is 13.8 Å². The lowest BCUT2D eigenvalue weighted by atomic mass is 10.1. The number of fused-ring (bicyclic) bond motifs is 1. The first kappa shape index (κ1) is 21.1. The predicted octanol–water partition coefficient (Wildman–Crippen LogP) is 2.99. The van der Waals surface area contributed by atoms with E-state index in [1.54, 1.807) is 23.9 Å². The third-order valence-corrected chi connectivity index (χ3v) is 6.57. The van der Waals surface area contributed by atoms with Crippen molar-refractivity contribution in [3.05, 3.63) is 65.4 Å². The summed E-state index contributed by atoms with van der Waals surface area (Å²) >= 11 is 0. The molecule has 154 valence electrons. The summed E-state index contributed by atoms with van der Waals surface area (Å²) in [5, 5.41) is 3.39. The third-order valence-electron chi connectivity index (χ3n) is 4.88. The number of para-hydroxylation sites is 1. The van der Waals surface area contributed by atoms with Crippen molar-refractivity contribution >= 4 is 26.6 Å². The lowest BCUT2D eigenvalue weighted by Gasteiger charge is -2.08. The summed E-state index contributed by atoms with van der Waals surface area (Å²) < 4.78 is 33.1. The summed E-state index contributed by atoms with van der Waals surface area (Å²) in [4.78, 5) is 12.5. The van der Waals surface area contributed by atoms with E-state index in [0.29, 0.717) is 24.1 Å². The highest BCUT2D eigenvalue weighted by atomic mass is 32.2. The Balaban J connectivity index is 1.95. The zero-order valence-electron chi connectivity index (χ0n) is 16.9. The van der Waals surface area contributed by atoms with Crippen molar-refractivity contribution < 1.29 is 17.9 Å². The first-order valence-corrected chi connectivity index (χ1v) is 11.1. The van der Waals surface area contributed by atoms with Crippen LogP contribution in [0.25, 0.3) is 10.9 Å². The minimum Gasteiger partial charge on any atom is -0.383 e. The molecule has 0 aliphatic heterocycles. The SMILES string of the molecule is COCCNC(=O)Cn1cc(S(=O)(=O)Cc2cc(C)ccc2C)c2ccccc21. The van der Waals surface area contributed by atoms with Crippen molar-refractivity contribution in [2.75, 3.05) is 20.3 Å². The number of benzene rings is 2. The highest BCUT2D eigenvalue weighted by molar-refractivity contribution is 7.90. The summed E-state index contributed by atoms with van der Waals surface area (Å²) in [6.45, 7) is 4.74. The molecule has 0 unspecified atom stereocenters. The monoisotopic (exact) mass is 414 g/mol. The van der Waals surface area contributed by atoms with Crippen LogP contribution in [0.3, 0.4) is 0 Å². The molecule has 1 amide bonds. The zero-order valence-corrected chi connectivity index (χ0v) is 17.8. The minimum atomic E-state index is -3.59. The molecule has 0 saturated carbocycles. The normalized spacial score (nSPS) is 11.7. The lowest BCUT2D eigenvalue weighted by Crippen LogP contribution is -2.30. The van der Waals surface area contributed by atoms with Crippen molar-refractivity contribution in [2.24, 2.45) is 0 Å². The number of carbonyl (C=O) groups excluding carboxylic acids is 1. The molecule has 1 heterocycles. The van der Waals surface area contributed by atoms with E-state index in [1.165, 1.54) is 0 Å². The summed E-state index contributed by atoms with van der Waals surface area (Å²) in [6.07, 6.45) is 1.57. The van der Waals surface area contributed by atoms with Gasteiger partial charge in [-0.25, -0.2) is 8.42 Å². The summed E-state index contributed by atoms with van der Waals surface area (Å²) in [6, 6.07) is 13.1. The molecule has 2 aromatic carbocycles. The number of sulfone groups is 1. The third kappa shape index (κ3) is 4.86. The fourth-order valence-corrected chi connectivity index (χ4v) is 5.00. The van der Waals surface area contributed by atoms with Gasteiger partial charge in [0.2, 0.25) is 5.91 Å². The molecule has 3 aromatic rings. The van der Waals surface area contributed by atoms with E-state index in [0.717, 1.165) is 16.7 Å². The molecule has 0 aliphatic carbocycles. The predicted molar refractivity (Wildman–Crippen MR) is 114 cm³/mol. The van der Waals surface area contributed by atoms with E-state index in [4.69, 9.17) is 4.74 Å². The Morgan fingerprint density at radius 3 is 2.66 bits per heavy atom. The van der Waals surface area contributed by atoms with Crippen LogP contribution in [-0.2, 0) is 31.7 Å². The molecule has 3 rings (SSSR count). The van der Waals surface area contributed by atoms with E-state index in [-0.39, 0.29) is 23.1 Å². The largest absolute Gasteiger partial charge is 0.383 e. The lowest BCUT2D eigenvalue weighted by molar-refractivity contribution is -0.121. The second kappa shape index (κ2) is 8.80. The average Bonchev–Trinajstić information content (AvgIpc) is 3.04. The minimum absolute atomic E-state index is 0.0449. The summed E-state index contributed by atoms with van der Waals surface area (Å²) in [5.74, 6) is -0.268. The van der Waals surface area contributed by atoms with Gasteiger partial charge in [0.15, 0.2) is 9.84 Å². The molecular formula is C22H26N2O4S. The van der Waals surface area contributed by atoms with E-state index < -0.39 is 9.84 Å². The number of rotatable bonds is 8. The molecule has 0 atom stereocenters. The molecule has 0 fully saturated rings. The number of aromatic nitrogens is 1. The number of nitrogens with one attached hydrogen (secondary N) is 1. The zero-order chi connectivity index (χ0) is 21.0. The molecule has 29 heavy (non-hydrogen) atoms. The number of ether oxygens (including phenoxy) is 1. The van der Waals surface area contributed by atoms with Crippen molar-refractivity contribution in [1.82, 2.24) is 9.88 Å². The number of hydrogen-bond donors (Lipinski definition) is 1. The quantitative estimate of drug-likeness (QED) is 0.575. The average molecular weight is 415 g/mol. The van der Waals surface area contributed by atoms with Crippen molar-refractivity contribution in [2.45, 2.75) is 31.0 Å². The molecule has 0 radical (unpaired) electrons. The standard InChI is InChI=1S/C22H26N2O4S/c1-16-8-9-17(2)18(12-16)15-29(26,27)21-13-24(14-22(25)23-10-11-28-3)20-7-5-4-6-19(20)21/h4-9,12-13H,10-11,14-15H2,1-3H3,(H,23,25). The van der Waals surface area contributed by atoms with Gasteiger partial charge in [0.25, 0.3) is 0 Å². The number of hydrogen-bond acceptors (Lipinski definition) is 4. The van der Waals surface area contributed by atoms with Gasteiger partial charge in [-0.15, -0.1) is 0 Å². The van der Waals surface area contributed by atoms with Crippen molar-refractivity contribution in [3.8, 4) is 0 Å². The fraction of sp³-hybridized carbons (Fsp3) is 0.318.